The molecule has 0 aliphatic heterocycles. The molecule has 0 bridgehead atoms. The van der Waals surface area contributed by atoms with E-state index in [-0.39, 0.29) is 16.7 Å². The van der Waals surface area contributed by atoms with Crippen molar-refractivity contribution < 1.29 is 5.11 Å². The summed E-state index contributed by atoms with van der Waals surface area (Å²) < 4.78 is 0. The van der Waals surface area contributed by atoms with Crippen LogP contribution in [0.5, 0.6) is 0 Å². The lowest BCUT2D eigenvalue weighted by Crippen LogP contribution is -2.07. The Kier molecular flexibility index (Phi) is 3.30. The van der Waals surface area contributed by atoms with Gasteiger partial charge in [0.05, 0.1) is 11.0 Å². The number of aromatic nitrogens is 2. The van der Waals surface area contributed by atoms with Crippen molar-refractivity contribution in [2.24, 2.45) is 5.41 Å². The molecule has 0 unspecified atom stereocenters. The Hall–Kier alpha value is -2.28. The van der Waals surface area contributed by atoms with Crippen LogP contribution in [0.25, 0.3) is 16.6 Å². The third-order valence-corrected chi connectivity index (χ3v) is 2.72. The maximum absolute atomic E-state index is 10.1. The van der Waals surface area contributed by atoms with Gasteiger partial charge in [-0.25, -0.2) is 4.98 Å². The minimum Gasteiger partial charge on any atom is -0.511 e. The molecule has 0 spiro atoms. The van der Waals surface area contributed by atoms with E-state index >= 15 is 0 Å². The summed E-state index contributed by atoms with van der Waals surface area (Å²) in [7, 11) is 0. The molecular formula is C15H17N3O. The van der Waals surface area contributed by atoms with Crippen molar-refractivity contribution in [3.8, 4) is 6.07 Å². The van der Waals surface area contributed by atoms with E-state index in [2.05, 4.69) is 9.97 Å². The van der Waals surface area contributed by atoms with Crippen LogP contribution in [0.2, 0.25) is 0 Å². The number of allylic oxidation sites excluding steroid dienone is 2. The van der Waals surface area contributed by atoms with E-state index in [1.807, 2.05) is 51.1 Å². The van der Waals surface area contributed by atoms with Crippen molar-refractivity contribution in [2.75, 3.05) is 0 Å². The van der Waals surface area contributed by atoms with Crippen LogP contribution in [0.1, 0.15) is 33.0 Å². The second-order valence-corrected chi connectivity index (χ2v) is 5.77. The van der Waals surface area contributed by atoms with Gasteiger partial charge in [0.25, 0.3) is 0 Å². The van der Waals surface area contributed by atoms with Crippen LogP contribution < -0.4 is 0 Å². The van der Waals surface area contributed by atoms with Gasteiger partial charge in [-0.3, -0.25) is 0 Å². The molecule has 0 radical (unpaired) electrons. The van der Waals surface area contributed by atoms with Gasteiger partial charge in [0.1, 0.15) is 17.4 Å². The van der Waals surface area contributed by atoms with Gasteiger partial charge in [0.15, 0.2) is 5.82 Å². The molecular weight excluding hydrogens is 238 g/mol. The number of para-hydroxylation sites is 2. The van der Waals surface area contributed by atoms with Gasteiger partial charge >= 0.3 is 0 Å². The molecule has 1 aromatic carbocycles. The number of hydrogen-bond acceptors (Lipinski definition) is 3. The van der Waals surface area contributed by atoms with Crippen LogP contribution in [0.4, 0.5) is 0 Å². The van der Waals surface area contributed by atoms with Crippen LogP contribution in [0.15, 0.2) is 30.0 Å². The van der Waals surface area contributed by atoms with Crippen molar-refractivity contribution in [3.05, 3.63) is 35.8 Å². The van der Waals surface area contributed by atoms with Crippen molar-refractivity contribution in [2.45, 2.75) is 27.2 Å². The Morgan fingerprint density at radius 1 is 1.37 bits per heavy atom. The number of H-pyrrole nitrogens is 1. The maximum atomic E-state index is 10.1. The minimum absolute atomic E-state index is 0.0778. The molecule has 0 saturated heterocycles. The Morgan fingerprint density at radius 2 is 2.05 bits per heavy atom. The van der Waals surface area contributed by atoms with E-state index in [0.29, 0.717) is 12.2 Å². The lowest BCUT2D eigenvalue weighted by Gasteiger charge is -2.17. The topological polar surface area (TPSA) is 72.7 Å². The molecule has 0 amide bonds. The smallest absolute Gasteiger partial charge is 0.152 e. The van der Waals surface area contributed by atoms with E-state index in [9.17, 15) is 10.4 Å². The molecule has 19 heavy (non-hydrogen) atoms. The molecule has 4 nitrogen and oxygen atoms in total. The van der Waals surface area contributed by atoms with Crippen molar-refractivity contribution >= 4 is 16.6 Å². The Bertz CT molecular complexity index is 635. The minimum atomic E-state index is -0.0851. The average Bonchev–Trinajstić information content (AvgIpc) is 2.70. The summed E-state index contributed by atoms with van der Waals surface area (Å²) in [6.45, 7) is 6.03. The number of benzene rings is 1. The van der Waals surface area contributed by atoms with Crippen molar-refractivity contribution in [3.63, 3.8) is 0 Å². The highest BCUT2D eigenvalue weighted by atomic mass is 16.3. The number of hydrogen-bond donors (Lipinski definition) is 2. The fourth-order valence-corrected chi connectivity index (χ4v) is 1.92. The fraction of sp³-hybridized carbons (Fsp3) is 0.333. The van der Waals surface area contributed by atoms with E-state index < -0.39 is 0 Å². The number of imidazole rings is 1. The molecule has 2 N–H and O–H groups in total. The highest BCUT2D eigenvalue weighted by molar-refractivity contribution is 5.82. The van der Waals surface area contributed by atoms with Gasteiger partial charge in [-0.2, -0.15) is 5.26 Å². The third-order valence-electron chi connectivity index (χ3n) is 2.72. The Balaban J connectivity index is 2.47. The molecule has 2 rings (SSSR count). The molecule has 0 aliphatic carbocycles. The standard InChI is InChI=1S/C15H17N3O/c1-15(2,3)8-13(19)10(9-16)14-17-11-6-4-5-7-12(11)18-14/h4-7,19H,8H2,1-3H3,(H,17,18)/b13-10-. The molecule has 0 fully saturated rings. The van der Waals surface area contributed by atoms with Gasteiger partial charge < -0.3 is 10.1 Å². The molecule has 1 aromatic heterocycles. The van der Waals surface area contributed by atoms with Crippen LogP contribution >= 0.6 is 0 Å². The van der Waals surface area contributed by atoms with Gasteiger partial charge in [-0.15, -0.1) is 0 Å². The first-order valence-corrected chi connectivity index (χ1v) is 6.18. The number of rotatable bonds is 2. The average molecular weight is 255 g/mol. The maximum Gasteiger partial charge on any atom is 0.152 e. The van der Waals surface area contributed by atoms with Crippen molar-refractivity contribution in [1.29, 1.82) is 5.26 Å². The number of nitrogens with zero attached hydrogens (tertiary/aromatic N) is 2. The number of nitriles is 1. The van der Waals surface area contributed by atoms with Crippen LogP contribution in [-0.2, 0) is 0 Å². The zero-order valence-corrected chi connectivity index (χ0v) is 11.4. The zero-order chi connectivity index (χ0) is 14.0. The summed E-state index contributed by atoms with van der Waals surface area (Å²) >= 11 is 0. The van der Waals surface area contributed by atoms with Gasteiger partial charge in [-0.1, -0.05) is 32.9 Å². The first kappa shape index (κ1) is 13.2. The lowest BCUT2D eigenvalue weighted by molar-refractivity contribution is 0.307. The number of aliphatic hydroxyl groups is 1. The van der Waals surface area contributed by atoms with Crippen LogP contribution in [-0.4, -0.2) is 15.1 Å². The Labute approximate surface area is 112 Å². The summed E-state index contributed by atoms with van der Waals surface area (Å²) in [6, 6.07) is 9.58. The van der Waals surface area contributed by atoms with Gasteiger partial charge in [0.2, 0.25) is 0 Å². The summed E-state index contributed by atoms with van der Waals surface area (Å²) in [5, 5.41) is 19.4. The molecule has 98 valence electrons. The molecule has 4 heteroatoms. The van der Waals surface area contributed by atoms with Gasteiger partial charge in [-0.05, 0) is 17.5 Å². The molecule has 1 heterocycles. The molecule has 0 aliphatic rings. The highest BCUT2D eigenvalue weighted by Crippen LogP contribution is 2.27. The summed E-state index contributed by atoms with van der Waals surface area (Å²) in [5.41, 5.74) is 1.77. The third kappa shape index (κ3) is 2.94. The van der Waals surface area contributed by atoms with E-state index in [4.69, 9.17) is 0 Å². The molecule has 2 aromatic rings. The molecule has 0 saturated carbocycles. The summed E-state index contributed by atoms with van der Waals surface area (Å²) in [4.78, 5) is 7.40. The number of nitrogens with one attached hydrogen (secondary N) is 1. The summed E-state index contributed by atoms with van der Waals surface area (Å²) in [6.07, 6.45) is 0.437. The monoisotopic (exact) mass is 255 g/mol. The second kappa shape index (κ2) is 4.77. The normalized spacial score (nSPS) is 13.2. The quantitative estimate of drug-likeness (QED) is 0.633. The lowest BCUT2D eigenvalue weighted by atomic mass is 9.90. The largest absolute Gasteiger partial charge is 0.511 e. The van der Waals surface area contributed by atoms with Crippen molar-refractivity contribution in [1.82, 2.24) is 9.97 Å². The van der Waals surface area contributed by atoms with E-state index in [0.717, 1.165) is 11.0 Å². The zero-order valence-electron chi connectivity index (χ0n) is 11.4. The second-order valence-electron chi connectivity index (χ2n) is 5.77. The van der Waals surface area contributed by atoms with Gasteiger partial charge in [0, 0.05) is 6.42 Å². The van der Waals surface area contributed by atoms with Crippen LogP contribution in [0.3, 0.4) is 0 Å². The predicted octanol–water partition coefficient (Wildman–Crippen LogP) is 3.79. The Morgan fingerprint density at radius 3 is 2.63 bits per heavy atom. The fourth-order valence-electron chi connectivity index (χ4n) is 1.92. The van der Waals surface area contributed by atoms with E-state index in [1.165, 1.54) is 0 Å². The first-order chi connectivity index (χ1) is 8.90. The highest BCUT2D eigenvalue weighted by Gasteiger charge is 2.18. The number of aliphatic hydroxyl groups excluding tert-OH is 1. The summed E-state index contributed by atoms with van der Waals surface area (Å²) in [5.74, 6) is 0.500. The number of fused-ring (bicyclic) bond motifs is 1. The predicted molar refractivity (Wildman–Crippen MR) is 75.3 cm³/mol. The molecule has 0 atom stereocenters. The van der Waals surface area contributed by atoms with Crippen LogP contribution in [0, 0.1) is 16.7 Å². The van der Waals surface area contributed by atoms with E-state index in [1.54, 1.807) is 0 Å². The SMILES string of the molecule is CC(C)(C)C/C(O)=C(\C#N)c1nc2ccccc2[nH]1. The first-order valence-electron chi connectivity index (χ1n) is 6.18. The number of aromatic amines is 1.